The summed E-state index contributed by atoms with van der Waals surface area (Å²) in [6, 6.07) is 72.9. The Kier molecular flexibility index (Phi) is 7.54. The molecular formula is C57H34N4O. The highest BCUT2D eigenvalue weighted by Gasteiger charge is 2.19. The average Bonchev–Trinajstić information content (AvgIpc) is 3.90. The number of aromatic nitrogens is 4. The van der Waals surface area contributed by atoms with Crippen molar-refractivity contribution in [2.75, 3.05) is 0 Å². The zero-order valence-corrected chi connectivity index (χ0v) is 33.3. The lowest BCUT2D eigenvalue weighted by atomic mass is 9.93. The number of nitrogens with zero attached hydrogens (tertiary/aromatic N) is 4. The molecule has 0 saturated carbocycles. The second-order valence-corrected chi connectivity index (χ2v) is 15.9. The van der Waals surface area contributed by atoms with Crippen LogP contribution < -0.4 is 0 Å². The standard InChI is InChI=1S/C57H34N4O/c1-3-14-35(15-4-1)55-58-56(36-16-5-2-6-17-36)60-57(59-55)38-26-29-43-44-30-28-39(34-49(44)42-19-8-7-18-41(42)48(43)33-38)61-51-24-11-9-20-45(51)50-32-37(27-31-52(50)61)40-22-13-23-47-46-21-10-12-25-53(46)62-54(40)47/h1-34H. The van der Waals surface area contributed by atoms with Crippen molar-refractivity contribution in [3.8, 4) is 51.0 Å². The van der Waals surface area contributed by atoms with Crippen LogP contribution in [0.25, 0.3) is 127 Å². The Morgan fingerprint density at radius 3 is 1.55 bits per heavy atom. The molecule has 0 bridgehead atoms. The second-order valence-electron chi connectivity index (χ2n) is 15.9. The zero-order valence-electron chi connectivity index (χ0n) is 33.3. The Morgan fingerprint density at radius 1 is 0.306 bits per heavy atom. The Labute approximate surface area is 355 Å². The molecule has 10 aromatic carbocycles. The Bertz CT molecular complexity index is 3850. The van der Waals surface area contributed by atoms with Crippen molar-refractivity contribution in [1.29, 1.82) is 0 Å². The van der Waals surface area contributed by atoms with Crippen molar-refractivity contribution in [2.45, 2.75) is 0 Å². The molecule has 0 fully saturated rings. The molecule has 62 heavy (non-hydrogen) atoms. The number of benzene rings is 10. The third-order valence-corrected chi connectivity index (χ3v) is 12.4. The van der Waals surface area contributed by atoms with Crippen LogP contribution >= 0.6 is 0 Å². The Morgan fingerprint density at radius 2 is 0.823 bits per heavy atom. The highest BCUT2D eigenvalue weighted by molar-refractivity contribution is 6.26. The molecule has 0 unspecified atom stereocenters. The van der Waals surface area contributed by atoms with E-state index in [-0.39, 0.29) is 0 Å². The van der Waals surface area contributed by atoms with Crippen molar-refractivity contribution in [2.24, 2.45) is 0 Å². The van der Waals surface area contributed by atoms with Crippen LogP contribution in [-0.4, -0.2) is 19.5 Å². The quantitative estimate of drug-likeness (QED) is 0.163. The average molecular weight is 791 g/mol. The molecule has 0 aliphatic carbocycles. The summed E-state index contributed by atoms with van der Waals surface area (Å²) in [5.74, 6) is 1.94. The fraction of sp³-hybridized carbons (Fsp3) is 0. The van der Waals surface area contributed by atoms with Crippen LogP contribution in [-0.2, 0) is 0 Å². The van der Waals surface area contributed by atoms with E-state index >= 15 is 0 Å². The molecule has 288 valence electrons. The maximum absolute atomic E-state index is 6.48. The Hall–Kier alpha value is -8.41. The van der Waals surface area contributed by atoms with Crippen LogP contribution in [0.2, 0.25) is 0 Å². The van der Waals surface area contributed by atoms with Gasteiger partial charge in [0.2, 0.25) is 0 Å². The summed E-state index contributed by atoms with van der Waals surface area (Å²) in [6.45, 7) is 0. The highest BCUT2D eigenvalue weighted by Crippen LogP contribution is 2.42. The first kappa shape index (κ1) is 34.5. The lowest BCUT2D eigenvalue weighted by molar-refractivity contribution is 0.670. The van der Waals surface area contributed by atoms with Crippen LogP contribution in [0.15, 0.2) is 211 Å². The molecule has 3 aromatic heterocycles. The van der Waals surface area contributed by atoms with E-state index < -0.39 is 0 Å². The number of rotatable bonds is 5. The maximum atomic E-state index is 6.48. The molecule has 5 heteroatoms. The van der Waals surface area contributed by atoms with Gasteiger partial charge in [-0.05, 0) is 80.3 Å². The maximum Gasteiger partial charge on any atom is 0.164 e. The summed E-state index contributed by atoms with van der Waals surface area (Å²) < 4.78 is 8.89. The van der Waals surface area contributed by atoms with Crippen LogP contribution in [0.3, 0.4) is 0 Å². The number of fused-ring (bicyclic) bond motifs is 12. The predicted octanol–water partition coefficient (Wildman–Crippen LogP) is 15.0. The number of para-hydroxylation sites is 3. The SMILES string of the molecule is c1ccc(-c2nc(-c3ccccc3)nc(-c3ccc4c5ccc(-n6c7ccccc7c7cc(-c8cccc9c8oc8ccccc89)ccc76)cc5c5ccccc5c4c3)n2)cc1. The molecule has 13 aromatic rings. The molecule has 0 N–H and O–H groups in total. The highest BCUT2D eigenvalue weighted by atomic mass is 16.3. The van der Waals surface area contributed by atoms with Gasteiger partial charge in [0.1, 0.15) is 11.2 Å². The van der Waals surface area contributed by atoms with Crippen LogP contribution in [0.5, 0.6) is 0 Å². The molecule has 0 radical (unpaired) electrons. The summed E-state index contributed by atoms with van der Waals surface area (Å²) in [4.78, 5) is 15.0. The number of furan rings is 1. The monoisotopic (exact) mass is 790 g/mol. The number of hydrogen-bond donors (Lipinski definition) is 0. The van der Waals surface area contributed by atoms with Gasteiger partial charge < -0.3 is 8.98 Å². The zero-order chi connectivity index (χ0) is 40.7. The third kappa shape index (κ3) is 5.32. The van der Waals surface area contributed by atoms with E-state index in [1.54, 1.807) is 0 Å². The first-order valence-corrected chi connectivity index (χ1v) is 20.9. The topological polar surface area (TPSA) is 56.7 Å². The summed E-state index contributed by atoms with van der Waals surface area (Å²) in [5, 5.41) is 11.8. The van der Waals surface area contributed by atoms with Gasteiger partial charge in [-0.15, -0.1) is 0 Å². The predicted molar refractivity (Wildman–Crippen MR) is 256 cm³/mol. The van der Waals surface area contributed by atoms with Crippen molar-refractivity contribution < 1.29 is 4.42 Å². The summed E-state index contributed by atoms with van der Waals surface area (Å²) in [7, 11) is 0. The van der Waals surface area contributed by atoms with E-state index in [0.717, 1.165) is 71.9 Å². The van der Waals surface area contributed by atoms with E-state index in [9.17, 15) is 0 Å². The van der Waals surface area contributed by atoms with Crippen molar-refractivity contribution in [1.82, 2.24) is 19.5 Å². The van der Waals surface area contributed by atoms with Gasteiger partial charge in [0, 0.05) is 49.5 Å². The molecule has 5 nitrogen and oxygen atoms in total. The summed E-state index contributed by atoms with van der Waals surface area (Å²) >= 11 is 0. The second kappa shape index (κ2) is 13.6. The van der Waals surface area contributed by atoms with Gasteiger partial charge >= 0.3 is 0 Å². The molecular weight excluding hydrogens is 757 g/mol. The van der Waals surface area contributed by atoms with Crippen LogP contribution in [0.1, 0.15) is 0 Å². The Balaban J connectivity index is 0.978. The minimum Gasteiger partial charge on any atom is -0.455 e. The van der Waals surface area contributed by atoms with Gasteiger partial charge in [-0.1, -0.05) is 164 Å². The molecule has 0 atom stereocenters. The van der Waals surface area contributed by atoms with Crippen molar-refractivity contribution in [3.63, 3.8) is 0 Å². The molecule has 0 aliphatic heterocycles. The lowest BCUT2D eigenvalue weighted by Crippen LogP contribution is -2.00. The van der Waals surface area contributed by atoms with Crippen LogP contribution in [0, 0.1) is 0 Å². The van der Waals surface area contributed by atoms with Crippen molar-refractivity contribution >= 4 is 76.1 Å². The lowest BCUT2D eigenvalue weighted by Gasteiger charge is -2.15. The van der Waals surface area contributed by atoms with Gasteiger partial charge in [0.25, 0.3) is 0 Å². The molecule has 0 aliphatic rings. The van der Waals surface area contributed by atoms with Gasteiger partial charge in [-0.2, -0.15) is 0 Å². The smallest absolute Gasteiger partial charge is 0.164 e. The van der Waals surface area contributed by atoms with E-state index in [2.05, 4.69) is 138 Å². The van der Waals surface area contributed by atoms with E-state index in [4.69, 9.17) is 19.4 Å². The minimum absolute atomic E-state index is 0.642. The van der Waals surface area contributed by atoms with Gasteiger partial charge in [-0.3, -0.25) is 0 Å². The molecule has 0 amide bonds. The minimum atomic E-state index is 0.642. The van der Waals surface area contributed by atoms with Gasteiger partial charge in [0.05, 0.1) is 11.0 Å². The third-order valence-electron chi connectivity index (χ3n) is 12.4. The molecule has 3 heterocycles. The first-order valence-electron chi connectivity index (χ1n) is 20.9. The first-order chi connectivity index (χ1) is 30.7. The fourth-order valence-electron chi connectivity index (χ4n) is 9.55. The van der Waals surface area contributed by atoms with Gasteiger partial charge in [-0.25, -0.2) is 15.0 Å². The van der Waals surface area contributed by atoms with E-state index in [1.807, 2.05) is 72.8 Å². The van der Waals surface area contributed by atoms with Gasteiger partial charge in [0.15, 0.2) is 17.5 Å². The van der Waals surface area contributed by atoms with Crippen LogP contribution in [0.4, 0.5) is 0 Å². The van der Waals surface area contributed by atoms with Crippen molar-refractivity contribution in [3.05, 3.63) is 206 Å². The van der Waals surface area contributed by atoms with E-state index in [1.165, 1.54) is 37.7 Å². The summed E-state index contributed by atoms with van der Waals surface area (Å²) in [6.07, 6.45) is 0. The fourth-order valence-corrected chi connectivity index (χ4v) is 9.55. The van der Waals surface area contributed by atoms with E-state index in [0.29, 0.717) is 17.5 Å². The normalized spacial score (nSPS) is 11.9. The molecule has 0 spiro atoms. The largest absolute Gasteiger partial charge is 0.455 e. The number of hydrogen-bond acceptors (Lipinski definition) is 4. The molecule has 13 rings (SSSR count). The molecule has 0 saturated heterocycles. The summed E-state index contributed by atoms with van der Waals surface area (Å²) in [5.41, 5.74) is 10.3.